The Morgan fingerprint density at radius 3 is 1.51 bits per heavy atom. The Kier molecular flexibility index (Phi) is 19.9. The Bertz CT molecular complexity index is 1310. The van der Waals surface area contributed by atoms with E-state index in [1.807, 2.05) is 5.32 Å². The predicted octanol–water partition coefficient (Wildman–Crippen LogP) is -8.90. The number of hydrogen-bond donors (Lipinski definition) is 14. The third-order valence-electron chi connectivity index (χ3n) is 6.79. The number of carbonyl (C=O) groups excluding carboxylic acids is 9. The molecule has 51 heavy (non-hydrogen) atoms. The molecule has 0 aromatic heterocycles. The van der Waals surface area contributed by atoms with Crippen molar-refractivity contribution in [3.05, 3.63) is 0 Å². The van der Waals surface area contributed by atoms with Crippen LogP contribution in [0, 0.1) is 0 Å². The van der Waals surface area contributed by atoms with Crippen LogP contribution >= 0.6 is 0 Å². The van der Waals surface area contributed by atoms with E-state index < -0.39 is 153 Å². The summed E-state index contributed by atoms with van der Waals surface area (Å²) in [5.74, 6) is -11.4. The first-order valence-corrected chi connectivity index (χ1v) is 15.2. The molecule has 0 aromatic rings. The number of nitrogens with two attached hydrogens (primary N) is 4. The SMILES string of the molecule is C[C@@H](O)[C@H](N)C(=O)NCC(=O)N[C@@H](CO)C(=O)N[C@H](C(=O)N[C@@H](CCC(N)=O)C(=O)N[C@@H](CC(N)=O)C(=O)N[C@@H](CCC(N)=O)C(=O)O)[C@@H](C)O. The molecule has 0 unspecified atom stereocenters. The minimum atomic E-state index is -1.89. The van der Waals surface area contributed by atoms with Gasteiger partial charge in [-0.15, -0.1) is 0 Å². The van der Waals surface area contributed by atoms with Crippen LogP contribution in [0.1, 0.15) is 46.0 Å². The number of carbonyl (C=O) groups is 10. The Morgan fingerprint density at radius 1 is 0.588 bits per heavy atom. The summed E-state index contributed by atoms with van der Waals surface area (Å²) in [4.78, 5) is 122. The van der Waals surface area contributed by atoms with Crippen LogP contribution in [-0.2, 0) is 47.9 Å². The smallest absolute Gasteiger partial charge is 0.326 e. The van der Waals surface area contributed by atoms with Crippen LogP contribution in [0.4, 0.5) is 0 Å². The van der Waals surface area contributed by atoms with Gasteiger partial charge in [-0.05, 0) is 26.7 Å². The quantitative estimate of drug-likeness (QED) is 0.0438. The maximum Gasteiger partial charge on any atom is 0.326 e. The van der Waals surface area contributed by atoms with Crippen LogP contribution in [0.2, 0.25) is 0 Å². The molecule has 18 N–H and O–H groups in total. The molecule has 0 rings (SSSR count). The molecule has 9 amide bonds. The summed E-state index contributed by atoms with van der Waals surface area (Å²) in [5, 5.41) is 51.1. The number of hydrogen-bond acceptors (Lipinski definition) is 14. The highest BCUT2D eigenvalue weighted by Crippen LogP contribution is 2.05. The fourth-order valence-corrected chi connectivity index (χ4v) is 3.92. The van der Waals surface area contributed by atoms with E-state index >= 15 is 0 Å². The fourth-order valence-electron chi connectivity index (χ4n) is 3.92. The molecule has 0 bridgehead atoms. The van der Waals surface area contributed by atoms with Gasteiger partial charge >= 0.3 is 5.97 Å². The second-order valence-electron chi connectivity index (χ2n) is 11.2. The highest BCUT2D eigenvalue weighted by Gasteiger charge is 2.34. The lowest BCUT2D eigenvalue weighted by atomic mass is 10.1. The van der Waals surface area contributed by atoms with E-state index in [4.69, 9.17) is 22.9 Å². The average molecular weight is 735 g/mol. The van der Waals surface area contributed by atoms with E-state index in [0.717, 1.165) is 6.92 Å². The molecular weight excluding hydrogens is 688 g/mol. The summed E-state index contributed by atoms with van der Waals surface area (Å²) in [6.07, 6.45) is -5.80. The van der Waals surface area contributed by atoms with Crippen molar-refractivity contribution in [3.63, 3.8) is 0 Å². The molecule has 288 valence electrons. The van der Waals surface area contributed by atoms with E-state index in [1.54, 1.807) is 0 Å². The number of amides is 9. The largest absolute Gasteiger partial charge is 0.480 e. The van der Waals surface area contributed by atoms with Crippen molar-refractivity contribution >= 4 is 59.1 Å². The average Bonchev–Trinajstić information content (AvgIpc) is 3.02. The number of aliphatic carboxylic acids is 1. The van der Waals surface area contributed by atoms with Gasteiger partial charge in [0.05, 0.1) is 31.8 Å². The number of aliphatic hydroxyl groups excluding tert-OH is 3. The van der Waals surface area contributed by atoms with Crippen LogP contribution in [-0.4, -0.2) is 141 Å². The van der Waals surface area contributed by atoms with Gasteiger partial charge in [-0.3, -0.25) is 43.2 Å². The van der Waals surface area contributed by atoms with Crippen molar-refractivity contribution in [2.75, 3.05) is 13.2 Å². The van der Waals surface area contributed by atoms with Gasteiger partial charge in [0, 0.05) is 12.8 Å². The fraction of sp³-hybridized carbons (Fsp3) is 0.630. The number of carboxylic acid groups (broad SMARTS) is 1. The standard InChI is InChI=1S/C27H46N10O14/c1-10(39)20(31)25(48)32-8-19(44)33-15(9-38)24(47)37-21(11(2)40)26(49)34-12(3-5-16(28)41)22(45)36-14(7-18(30)43)23(46)35-13(27(50)51)4-6-17(29)42/h10-15,20-21,38-40H,3-9,31H2,1-2H3,(H2,28,41)(H2,29,42)(H2,30,43)(H,32,48)(H,33,44)(H,34,49)(H,35,46)(H,36,45)(H,37,47)(H,50,51)/t10-,11-,12+,13+,14+,15+,20+,21+/m1/s1. The van der Waals surface area contributed by atoms with Crippen LogP contribution < -0.4 is 54.8 Å². The normalized spacial score (nSPS) is 15.5. The monoisotopic (exact) mass is 734 g/mol. The van der Waals surface area contributed by atoms with Gasteiger partial charge in [-0.2, -0.15) is 0 Å². The van der Waals surface area contributed by atoms with E-state index in [1.165, 1.54) is 6.92 Å². The zero-order valence-corrected chi connectivity index (χ0v) is 27.7. The van der Waals surface area contributed by atoms with Crippen LogP contribution in [0.3, 0.4) is 0 Å². The topological polar surface area (TPSA) is 428 Å². The van der Waals surface area contributed by atoms with Crippen molar-refractivity contribution in [2.24, 2.45) is 22.9 Å². The van der Waals surface area contributed by atoms with Crippen LogP contribution in [0.5, 0.6) is 0 Å². The van der Waals surface area contributed by atoms with Crippen molar-refractivity contribution in [2.45, 2.75) is 94.4 Å². The zero-order chi connectivity index (χ0) is 39.6. The summed E-state index contributed by atoms with van der Waals surface area (Å²) < 4.78 is 0. The number of rotatable bonds is 24. The minimum absolute atomic E-state index is 0.448. The summed E-state index contributed by atoms with van der Waals surface area (Å²) >= 11 is 0. The molecule has 8 atom stereocenters. The van der Waals surface area contributed by atoms with Gasteiger partial charge in [0.15, 0.2) is 0 Å². The molecule has 0 fully saturated rings. The maximum atomic E-state index is 13.2. The number of aliphatic hydroxyl groups is 3. The third kappa shape index (κ3) is 17.7. The van der Waals surface area contributed by atoms with Gasteiger partial charge in [0.1, 0.15) is 36.3 Å². The molecule has 0 saturated carbocycles. The molecule has 24 nitrogen and oxygen atoms in total. The first-order chi connectivity index (χ1) is 23.6. The van der Waals surface area contributed by atoms with Crippen molar-refractivity contribution in [1.29, 1.82) is 0 Å². The minimum Gasteiger partial charge on any atom is -0.480 e. The molecule has 24 heteroatoms. The van der Waals surface area contributed by atoms with Gasteiger partial charge in [-0.25, -0.2) is 4.79 Å². The van der Waals surface area contributed by atoms with E-state index in [0.29, 0.717) is 0 Å². The molecule has 0 aliphatic rings. The molecule has 0 spiro atoms. The van der Waals surface area contributed by atoms with Crippen molar-refractivity contribution < 1.29 is 68.4 Å². The lowest BCUT2D eigenvalue weighted by Gasteiger charge is -2.27. The molecule has 0 aliphatic carbocycles. The third-order valence-corrected chi connectivity index (χ3v) is 6.79. The Morgan fingerprint density at radius 2 is 1.06 bits per heavy atom. The van der Waals surface area contributed by atoms with Crippen molar-refractivity contribution in [3.8, 4) is 0 Å². The molecule has 0 aliphatic heterocycles. The Labute approximate surface area is 290 Å². The maximum absolute atomic E-state index is 13.2. The highest BCUT2D eigenvalue weighted by atomic mass is 16.4. The van der Waals surface area contributed by atoms with Crippen LogP contribution in [0.15, 0.2) is 0 Å². The molecule has 0 radical (unpaired) electrons. The number of nitrogens with one attached hydrogen (secondary N) is 6. The van der Waals surface area contributed by atoms with Gasteiger partial charge < -0.3 is 75.3 Å². The van der Waals surface area contributed by atoms with Gasteiger partial charge in [-0.1, -0.05) is 0 Å². The summed E-state index contributed by atoms with van der Waals surface area (Å²) in [7, 11) is 0. The van der Waals surface area contributed by atoms with Crippen molar-refractivity contribution in [1.82, 2.24) is 31.9 Å². The Hall–Kier alpha value is -5.46. The molecule has 0 aromatic carbocycles. The Balaban J connectivity index is 5.92. The first-order valence-electron chi connectivity index (χ1n) is 15.2. The molecular formula is C27H46N10O14. The van der Waals surface area contributed by atoms with Gasteiger partial charge in [0.25, 0.3) is 0 Å². The number of carboxylic acids is 1. The van der Waals surface area contributed by atoms with Gasteiger partial charge in [0.2, 0.25) is 53.2 Å². The number of primary amides is 3. The summed E-state index contributed by atoms with van der Waals surface area (Å²) in [6, 6.07) is -10.3. The lowest BCUT2D eigenvalue weighted by Crippen LogP contribution is -2.61. The van der Waals surface area contributed by atoms with E-state index in [9.17, 15) is 68.4 Å². The van der Waals surface area contributed by atoms with E-state index in [2.05, 4.69) is 26.6 Å². The van der Waals surface area contributed by atoms with Crippen LogP contribution in [0.25, 0.3) is 0 Å². The highest BCUT2D eigenvalue weighted by molar-refractivity contribution is 5.98. The lowest BCUT2D eigenvalue weighted by molar-refractivity contribution is -0.143. The van der Waals surface area contributed by atoms with E-state index in [-0.39, 0.29) is 0 Å². The molecule has 0 heterocycles. The predicted molar refractivity (Wildman–Crippen MR) is 169 cm³/mol. The second-order valence-corrected chi connectivity index (χ2v) is 11.2. The molecule has 0 saturated heterocycles. The zero-order valence-electron chi connectivity index (χ0n) is 27.7. The first kappa shape index (κ1) is 45.5. The summed E-state index contributed by atoms with van der Waals surface area (Å²) in [5.41, 5.74) is 20.8. The summed E-state index contributed by atoms with van der Waals surface area (Å²) in [6.45, 7) is 0.499. The second kappa shape index (κ2) is 22.3.